The molecule has 1 N–H and O–H groups in total. The molecule has 11 heteroatoms. The summed E-state index contributed by atoms with van der Waals surface area (Å²) in [5.41, 5.74) is 1.60. The molecule has 1 unspecified atom stereocenters. The summed E-state index contributed by atoms with van der Waals surface area (Å²) in [6.07, 6.45) is 1.43. The highest BCUT2D eigenvalue weighted by molar-refractivity contribution is 7.17. The molecule has 0 spiro atoms. The van der Waals surface area contributed by atoms with Gasteiger partial charge in [-0.05, 0) is 55.3 Å². The van der Waals surface area contributed by atoms with Gasteiger partial charge in [0.15, 0.2) is 5.13 Å². The van der Waals surface area contributed by atoms with Gasteiger partial charge < -0.3 is 14.6 Å². The molecule has 1 amide bonds. The van der Waals surface area contributed by atoms with Gasteiger partial charge >= 0.3 is 11.9 Å². The molecule has 1 aromatic heterocycles. The zero-order chi connectivity index (χ0) is 27.7. The number of hydrogen-bond donors (Lipinski definition) is 1. The molecule has 0 aliphatic carbocycles. The number of nitrogens with zero attached hydrogens (tertiary/aromatic N) is 2. The van der Waals surface area contributed by atoms with Gasteiger partial charge in [0.2, 0.25) is 0 Å². The zero-order valence-electron chi connectivity index (χ0n) is 20.6. The van der Waals surface area contributed by atoms with E-state index in [-0.39, 0.29) is 38.0 Å². The van der Waals surface area contributed by atoms with E-state index < -0.39 is 23.7 Å². The number of Topliss-reactive ketones (excluding diaryl/α,β-unsaturated/α-hetero) is 1. The Bertz CT molecular complexity index is 1510. The minimum atomic E-state index is -1.10. The first-order chi connectivity index (χ1) is 18.1. The van der Waals surface area contributed by atoms with Crippen LogP contribution < -0.4 is 9.64 Å². The first-order valence-corrected chi connectivity index (χ1v) is 12.8. The van der Waals surface area contributed by atoms with Crippen molar-refractivity contribution in [2.24, 2.45) is 0 Å². The van der Waals surface area contributed by atoms with Crippen molar-refractivity contribution in [1.29, 1.82) is 0 Å². The number of ketones is 1. The van der Waals surface area contributed by atoms with Crippen LogP contribution in [0.1, 0.15) is 38.1 Å². The number of carbonyl (C=O) groups excluding carboxylic acids is 3. The number of esters is 1. The average Bonchev–Trinajstić information content (AvgIpc) is 3.40. The number of aromatic nitrogens is 1. The number of methoxy groups -OCH3 is 1. The van der Waals surface area contributed by atoms with Crippen molar-refractivity contribution >= 4 is 63.1 Å². The molecule has 0 radical (unpaired) electrons. The summed E-state index contributed by atoms with van der Waals surface area (Å²) >= 11 is 13.3. The van der Waals surface area contributed by atoms with Gasteiger partial charge in [-0.25, -0.2) is 9.78 Å². The lowest BCUT2D eigenvalue weighted by Crippen LogP contribution is -2.29. The van der Waals surface area contributed by atoms with Crippen LogP contribution in [0.4, 0.5) is 5.13 Å². The Kier molecular flexibility index (Phi) is 7.91. The van der Waals surface area contributed by atoms with Gasteiger partial charge in [0, 0.05) is 5.56 Å². The Labute approximate surface area is 232 Å². The number of aliphatic hydroxyl groups excluding tert-OH is 1. The highest BCUT2D eigenvalue weighted by atomic mass is 35.5. The molecule has 0 bridgehead atoms. The lowest BCUT2D eigenvalue weighted by molar-refractivity contribution is -0.132. The molecular weight excluding hydrogens is 551 g/mol. The second-order valence-corrected chi connectivity index (χ2v) is 10.1. The number of halogens is 2. The average molecular weight is 573 g/mol. The Balaban J connectivity index is 1.91. The first-order valence-electron chi connectivity index (χ1n) is 11.2. The third kappa shape index (κ3) is 4.92. The lowest BCUT2D eigenvalue weighted by atomic mass is 9.95. The van der Waals surface area contributed by atoms with Crippen LogP contribution in [0.15, 0.2) is 54.6 Å². The fraction of sp³-hybridized carbons (Fsp3) is 0.185. The van der Waals surface area contributed by atoms with E-state index in [0.717, 1.165) is 21.8 Å². The number of rotatable bonds is 7. The molecule has 8 nitrogen and oxygen atoms in total. The molecule has 3 aromatic rings. The maximum absolute atomic E-state index is 13.4. The van der Waals surface area contributed by atoms with E-state index in [2.05, 4.69) is 11.6 Å². The molecule has 38 heavy (non-hydrogen) atoms. The summed E-state index contributed by atoms with van der Waals surface area (Å²) in [6.45, 7) is 6.90. The van der Waals surface area contributed by atoms with E-state index in [1.54, 1.807) is 38.1 Å². The highest BCUT2D eigenvalue weighted by Gasteiger charge is 2.48. The van der Waals surface area contributed by atoms with Crippen molar-refractivity contribution in [3.05, 3.63) is 91.9 Å². The van der Waals surface area contributed by atoms with Crippen LogP contribution in [0.5, 0.6) is 5.75 Å². The molecule has 1 atom stereocenters. The summed E-state index contributed by atoms with van der Waals surface area (Å²) < 4.78 is 10.4. The van der Waals surface area contributed by atoms with Crippen LogP contribution in [0.2, 0.25) is 10.0 Å². The van der Waals surface area contributed by atoms with Gasteiger partial charge in [-0.15, -0.1) is 0 Å². The summed E-state index contributed by atoms with van der Waals surface area (Å²) in [5, 5.41) is 11.9. The lowest BCUT2D eigenvalue weighted by Gasteiger charge is -2.23. The van der Waals surface area contributed by atoms with Crippen molar-refractivity contribution in [3.8, 4) is 5.75 Å². The number of hydrogen-bond acceptors (Lipinski definition) is 8. The minimum Gasteiger partial charge on any atom is -0.507 e. The quantitative estimate of drug-likeness (QED) is 0.121. The van der Waals surface area contributed by atoms with Gasteiger partial charge in [0.05, 0.1) is 34.5 Å². The molecule has 196 valence electrons. The normalized spacial score (nSPS) is 16.6. The largest absolute Gasteiger partial charge is 0.507 e. The predicted octanol–water partition coefficient (Wildman–Crippen LogP) is 6.04. The Morgan fingerprint density at radius 2 is 1.92 bits per heavy atom. The highest BCUT2D eigenvalue weighted by Crippen LogP contribution is 2.45. The molecular formula is C27H22Cl2N2O6S. The number of aliphatic hydroxyl groups is 1. The molecule has 1 aliphatic heterocycles. The number of benzene rings is 2. The van der Waals surface area contributed by atoms with Gasteiger partial charge in [0.1, 0.15) is 23.0 Å². The van der Waals surface area contributed by atoms with Crippen LogP contribution in [-0.2, 0) is 14.3 Å². The molecule has 1 saturated heterocycles. The van der Waals surface area contributed by atoms with Crippen molar-refractivity contribution in [1.82, 2.24) is 4.98 Å². The number of anilines is 1. The Morgan fingerprint density at radius 3 is 2.55 bits per heavy atom. The van der Waals surface area contributed by atoms with E-state index in [4.69, 9.17) is 32.7 Å². The monoisotopic (exact) mass is 572 g/mol. The smallest absolute Gasteiger partial charge is 0.350 e. The third-order valence-electron chi connectivity index (χ3n) is 5.88. The van der Waals surface area contributed by atoms with Crippen LogP contribution in [0, 0.1) is 13.8 Å². The first kappa shape index (κ1) is 27.4. The fourth-order valence-electron chi connectivity index (χ4n) is 4.08. The van der Waals surface area contributed by atoms with Crippen molar-refractivity contribution in [2.45, 2.75) is 19.9 Å². The van der Waals surface area contributed by atoms with Crippen LogP contribution in [0.3, 0.4) is 0 Å². The molecule has 2 aromatic carbocycles. The van der Waals surface area contributed by atoms with Crippen LogP contribution >= 0.6 is 34.5 Å². The molecule has 4 rings (SSSR count). The Hall–Kier alpha value is -3.66. The standard InChI is InChI=1S/C27H22Cl2N2O6S/c1-5-10-37-26(35)24-14(3)30-27(38-24)31-21(15-6-8-17(28)18(29)12-15)20(23(33)25(31)34)22(32)16-7-9-19(36-4)13(2)11-16/h5-9,11-12,21,32H,1,10H2,2-4H3. The second-order valence-electron chi connectivity index (χ2n) is 8.33. The van der Waals surface area contributed by atoms with E-state index in [9.17, 15) is 19.5 Å². The van der Waals surface area contributed by atoms with Crippen LogP contribution in [-0.4, -0.2) is 41.5 Å². The van der Waals surface area contributed by atoms with Crippen molar-refractivity contribution < 1.29 is 29.0 Å². The van der Waals surface area contributed by atoms with E-state index in [1.165, 1.54) is 25.3 Å². The van der Waals surface area contributed by atoms with Gasteiger partial charge in [0.25, 0.3) is 5.78 Å². The maximum atomic E-state index is 13.4. The molecule has 0 saturated carbocycles. The van der Waals surface area contributed by atoms with E-state index in [1.807, 2.05) is 0 Å². The van der Waals surface area contributed by atoms with E-state index >= 15 is 0 Å². The van der Waals surface area contributed by atoms with Crippen molar-refractivity contribution in [2.75, 3.05) is 18.6 Å². The van der Waals surface area contributed by atoms with Gasteiger partial charge in [-0.3, -0.25) is 14.5 Å². The third-order valence-corrected chi connectivity index (χ3v) is 7.76. The number of thiazole rings is 1. The summed E-state index contributed by atoms with van der Waals surface area (Å²) in [7, 11) is 1.52. The fourth-order valence-corrected chi connectivity index (χ4v) is 5.38. The van der Waals surface area contributed by atoms with Gasteiger partial charge in [-0.2, -0.15) is 0 Å². The molecule has 1 aliphatic rings. The number of amides is 1. The Morgan fingerprint density at radius 1 is 1.18 bits per heavy atom. The summed E-state index contributed by atoms with van der Waals surface area (Å²) in [5.74, 6) is -2.27. The van der Waals surface area contributed by atoms with Crippen molar-refractivity contribution in [3.63, 3.8) is 0 Å². The van der Waals surface area contributed by atoms with Crippen LogP contribution in [0.25, 0.3) is 5.76 Å². The summed E-state index contributed by atoms with van der Waals surface area (Å²) in [6, 6.07) is 8.43. The molecule has 1 fully saturated rings. The SMILES string of the molecule is C=CCOC(=O)c1sc(N2C(=O)C(=O)C(=C(O)c3ccc(OC)c(C)c3)C2c2ccc(Cl)c(Cl)c2)nc1C. The van der Waals surface area contributed by atoms with E-state index in [0.29, 0.717) is 22.6 Å². The van der Waals surface area contributed by atoms with Gasteiger partial charge in [-0.1, -0.05) is 53.3 Å². The maximum Gasteiger partial charge on any atom is 0.350 e. The molecule has 2 heterocycles. The number of ether oxygens (including phenoxy) is 2. The number of aryl methyl sites for hydroxylation is 2. The zero-order valence-corrected chi connectivity index (χ0v) is 22.9. The summed E-state index contributed by atoms with van der Waals surface area (Å²) in [4.78, 5) is 45.0. The predicted molar refractivity (Wildman–Crippen MR) is 146 cm³/mol. The topological polar surface area (TPSA) is 106 Å². The minimum absolute atomic E-state index is 0.000568. The second kappa shape index (κ2) is 11.0. The number of carbonyl (C=O) groups is 3.